The van der Waals surface area contributed by atoms with Crippen molar-refractivity contribution in [2.24, 2.45) is 4.99 Å². The van der Waals surface area contributed by atoms with Crippen LogP contribution in [0.2, 0.25) is 0 Å². The number of methoxy groups -OCH3 is 1. The Labute approximate surface area is 195 Å². The van der Waals surface area contributed by atoms with Crippen molar-refractivity contribution in [3.05, 3.63) is 59.2 Å². The molecular weight excluding hydrogens is 430 g/mol. The van der Waals surface area contributed by atoms with Crippen molar-refractivity contribution in [3.8, 4) is 16.9 Å². The summed E-state index contributed by atoms with van der Waals surface area (Å²) in [6.45, 7) is 7.87. The minimum atomic E-state index is -0.103. The number of rotatable bonds is 3. The summed E-state index contributed by atoms with van der Waals surface area (Å²) in [6.07, 6.45) is 1.84. The van der Waals surface area contributed by atoms with Crippen molar-refractivity contribution >= 4 is 33.8 Å². The smallest absolute Gasteiger partial charge is 0.141 e. The number of amidine groups is 1. The third-order valence-electron chi connectivity index (χ3n) is 6.29. The van der Waals surface area contributed by atoms with Gasteiger partial charge in [-0.05, 0) is 52.0 Å². The van der Waals surface area contributed by atoms with E-state index in [-0.39, 0.29) is 6.17 Å². The highest BCUT2D eigenvalue weighted by Gasteiger charge is 2.27. The van der Waals surface area contributed by atoms with Crippen molar-refractivity contribution in [3.63, 3.8) is 0 Å². The van der Waals surface area contributed by atoms with Gasteiger partial charge in [0.15, 0.2) is 0 Å². The van der Waals surface area contributed by atoms with E-state index in [2.05, 4.69) is 31.9 Å². The summed E-state index contributed by atoms with van der Waals surface area (Å²) in [5, 5.41) is 16.8. The Morgan fingerprint density at radius 3 is 2.74 bits per heavy atom. The molecule has 0 saturated carbocycles. The maximum absolute atomic E-state index is 5.81. The van der Waals surface area contributed by atoms with E-state index in [4.69, 9.17) is 14.3 Å². The monoisotopic (exact) mass is 455 g/mol. The molecule has 5 heterocycles. The third-order valence-corrected chi connectivity index (χ3v) is 6.29. The van der Waals surface area contributed by atoms with E-state index in [1.54, 1.807) is 7.11 Å². The van der Waals surface area contributed by atoms with Crippen molar-refractivity contribution in [1.82, 2.24) is 19.8 Å². The standard InChI is InChI=1S/C25H25N7O2/c1-12-21(14(3)34-31-12)17-10-18-16(11-20(17)33-5)22-24(28-18)26-15(4)27-25(22)29-23-13(2)30-32-9-7-6-8-19(23)32/h6-11,15,26,28H,1-5H3,(H,27,29). The van der Waals surface area contributed by atoms with Gasteiger partial charge in [0.25, 0.3) is 0 Å². The molecule has 6 rings (SSSR count). The van der Waals surface area contributed by atoms with Crippen LogP contribution in [0.25, 0.3) is 27.5 Å². The van der Waals surface area contributed by atoms with Crippen LogP contribution in [-0.2, 0) is 0 Å². The van der Waals surface area contributed by atoms with Crippen LogP contribution in [0.4, 0.5) is 11.5 Å². The molecule has 1 aliphatic rings. The molecule has 9 heteroatoms. The zero-order valence-corrected chi connectivity index (χ0v) is 19.6. The summed E-state index contributed by atoms with van der Waals surface area (Å²) in [7, 11) is 1.68. The number of ether oxygens (including phenoxy) is 1. The predicted octanol–water partition coefficient (Wildman–Crippen LogP) is 5.03. The summed E-state index contributed by atoms with van der Waals surface area (Å²) in [4.78, 5) is 8.44. The first-order chi connectivity index (χ1) is 16.4. The van der Waals surface area contributed by atoms with Gasteiger partial charge in [0.1, 0.15) is 29.3 Å². The van der Waals surface area contributed by atoms with Crippen LogP contribution in [0.3, 0.4) is 0 Å². The van der Waals surface area contributed by atoms with Crippen molar-refractivity contribution in [2.75, 3.05) is 17.7 Å². The van der Waals surface area contributed by atoms with E-state index in [0.29, 0.717) is 0 Å². The molecule has 1 aromatic carbocycles. The highest BCUT2D eigenvalue weighted by Crippen LogP contribution is 2.41. The van der Waals surface area contributed by atoms with Gasteiger partial charge in [-0.25, -0.2) is 9.51 Å². The quantitative estimate of drug-likeness (QED) is 0.352. The minimum absolute atomic E-state index is 0.103. The second-order valence-corrected chi connectivity index (χ2v) is 8.59. The number of benzene rings is 1. The molecule has 4 aromatic heterocycles. The summed E-state index contributed by atoms with van der Waals surface area (Å²) in [5.74, 6) is 3.19. The second kappa shape index (κ2) is 7.38. The molecule has 0 bridgehead atoms. The zero-order chi connectivity index (χ0) is 23.6. The SMILES string of the molecule is COc1cc2c3c([nH]c2cc1-c1c(C)noc1C)NC(C)N=C3Nc1c(C)nn2ccccc12. The lowest BCUT2D eigenvalue weighted by molar-refractivity contribution is 0.393. The van der Waals surface area contributed by atoms with E-state index in [1.807, 2.05) is 62.7 Å². The summed E-state index contributed by atoms with van der Waals surface area (Å²) < 4.78 is 13.1. The fourth-order valence-corrected chi connectivity index (χ4v) is 4.79. The Balaban J connectivity index is 1.53. The number of aromatic nitrogens is 4. The molecule has 0 radical (unpaired) electrons. The van der Waals surface area contributed by atoms with Gasteiger partial charge in [0, 0.05) is 22.7 Å². The van der Waals surface area contributed by atoms with Crippen LogP contribution in [-0.4, -0.2) is 38.9 Å². The van der Waals surface area contributed by atoms with Gasteiger partial charge in [0.05, 0.1) is 40.8 Å². The van der Waals surface area contributed by atoms with E-state index < -0.39 is 0 Å². The van der Waals surface area contributed by atoms with Crippen LogP contribution >= 0.6 is 0 Å². The normalized spacial score (nSPS) is 15.3. The number of aryl methyl sites for hydroxylation is 3. The molecule has 0 amide bonds. The minimum Gasteiger partial charge on any atom is -0.496 e. The Bertz CT molecular complexity index is 1590. The molecule has 34 heavy (non-hydrogen) atoms. The van der Waals surface area contributed by atoms with Gasteiger partial charge in [0.2, 0.25) is 0 Å². The number of aromatic amines is 1. The number of aliphatic imine (C=N–C) groups is 1. The van der Waals surface area contributed by atoms with Gasteiger partial charge in [-0.1, -0.05) is 11.2 Å². The highest BCUT2D eigenvalue weighted by atomic mass is 16.5. The number of fused-ring (bicyclic) bond motifs is 4. The summed E-state index contributed by atoms with van der Waals surface area (Å²) >= 11 is 0. The molecule has 1 unspecified atom stereocenters. The molecule has 5 aromatic rings. The van der Waals surface area contributed by atoms with Gasteiger partial charge >= 0.3 is 0 Å². The number of nitrogens with one attached hydrogen (secondary N) is 3. The van der Waals surface area contributed by atoms with Crippen LogP contribution in [0.5, 0.6) is 5.75 Å². The largest absolute Gasteiger partial charge is 0.496 e. The summed E-state index contributed by atoms with van der Waals surface area (Å²) in [6, 6.07) is 10.1. The van der Waals surface area contributed by atoms with E-state index in [9.17, 15) is 0 Å². The molecule has 9 nitrogen and oxygen atoms in total. The lowest BCUT2D eigenvalue weighted by Crippen LogP contribution is -2.27. The topological polar surface area (TPSA) is 105 Å². The molecule has 1 aliphatic heterocycles. The third kappa shape index (κ3) is 2.97. The molecule has 0 aliphatic carbocycles. The van der Waals surface area contributed by atoms with Crippen LogP contribution < -0.4 is 15.4 Å². The second-order valence-electron chi connectivity index (χ2n) is 8.59. The molecule has 0 saturated heterocycles. The van der Waals surface area contributed by atoms with Crippen LogP contribution in [0, 0.1) is 20.8 Å². The average Bonchev–Trinajstić information content (AvgIpc) is 3.44. The average molecular weight is 456 g/mol. The first kappa shape index (κ1) is 20.3. The van der Waals surface area contributed by atoms with Gasteiger partial charge < -0.3 is 24.9 Å². The van der Waals surface area contributed by atoms with E-state index in [1.165, 1.54) is 0 Å². The molecule has 0 fully saturated rings. The molecule has 172 valence electrons. The van der Waals surface area contributed by atoms with Gasteiger partial charge in [-0.15, -0.1) is 0 Å². The number of nitrogens with zero attached hydrogens (tertiary/aromatic N) is 4. The Hall–Kier alpha value is -4.27. The van der Waals surface area contributed by atoms with Crippen molar-refractivity contribution in [1.29, 1.82) is 0 Å². The molecular formula is C25H25N7O2. The van der Waals surface area contributed by atoms with E-state index >= 15 is 0 Å². The molecule has 1 atom stereocenters. The lowest BCUT2D eigenvalue weighted by Gasteiger charge is -2.21. The van der Waals surface area contributed by atoms with Crippen molar-refractivity contribution < 1.29 is 9.26 Å². The van der Waals surface area contributed by atoms with Crippen LogP contribution in [0.15, 0.2) is 46.0 Å². The Morgan fingerprint density at radius 2 is 1.97 bits per heavy atom. The number of hydrogen-bond acceptors (Lipinski definition) is 7. The number of pyridine rings is 1. The van der Waals surface area contributed by atoms with Gasteiger partial charge in [-0.2, -0.15) is 5.10 Å². The maximum Gasteiger partial charge on any atom is 0.141 e. The van der Waals surface area contributed by atoms with E-state index in [0.717, 1.165) is 73.3 Å². The lowest BCUT2D eigenvalue weighted by atomic mass is 10.00. The Kier molecular flexibility index (Phi) is 4.41. The first-order valence-electron chi connectivity index (χ1n) is 11.2. The number of H-pyrrole nitrogens is 1. The number of anilines is 2. The Morgan fingerprint density at radius 1 is 1.12 bits per heavy atom. The highest BCUT2D eigenvalue weighted by molar-refractivity contribution is 6.21. The maximum atomic E-state index is 5.81. The molecule has 3 N–H and O–H groups in total. The first-order valence-corrected chi connectivity index (χ1v) is 11.2. The zero-order valence-electron chi connectivity index (χ0n) is 19.6. The molecule has 0 spiro atoms. The fourth-order valence-electron chi connectivity index (χ4n) is 4.79. The summed E-state index contributed by atoms with van der Waals surface area (Å²) in [5.41, 5.74) is 7.47. The fraction of sp³-hybridized carbons (Fsp3) is 0.240. The van der Waals surface area contributed by atoms with Crippen LogP contribution in [0.1, 0.15) is 29.6 Å². The van der Waals surface area contributed by atoms with Crippen molar-refractivity contribution in [2.45, 2.75) is 33.9 Å². The predicted molar refractivity (Wildman–Crippen MR) is 133 cm³/mol. The van der Waals surface area contributed by atoms with Gasteiger partial charge in [-0.3, -0.25) is 0 Å². The number of hydrogen-bond donors (Lipinski definition) is 3.